The number of nitrogens with zero attached hydrogens (tertiary/aromatic N) is 3. The molecule has 2 rings (SSSR count). The summed E-state index contributed by atoms with van der Waals surface area (Å²) in [4.78, 5) is 32.1. The lowest BCUT2D eigenvalue weighted by Gasteiger charge is -2.22. The van der Waals surface area contributed by atoms with Gasteiger partial charge in [0.05, 0.1) is 25.4 Å². The third kappa shape index (κ3) is 8.23. The van der Waals surface area contributed by atoms with Crippen molar-refractivity contribution in [3.63, 3.8) is 0 Å². The van der Waals surface area contributed by atoms with E-state index in [9.17, 15) is 9.59 Å². The molecule has 31 heavy (non-hydrogen) atoms. The summed E-state index contributed by atoms with van der Waals surface area (Å²) >= 11 is 0. The first-order valence-electron chi connectivity index (χ1n) is 10.2. The largest absolute Gasteiger partial charge is 0.484 e. The number of anilines is 1. The zero-order valence-corrected chi connectivity index (χ0v) is 18.8. The topological polar surface area (TPSA) is 130 Å². The van der Waals surface area contributed by atoms with Gasteiger partial charge in [-0.3, -0.25) is 14.9 Å². The molecule has 1 aliphatic rings. The zero-order valence-electron chi connectivity index (χ0n) is 18.8. The highest BCUT2D eigenvalue weighted by atomic mass is 16.6. The lowest BCUT2D eigenvalue weighted by Crippen LogP contribution is -2.42. The molecule has 2 amide bonds. The molecule has 1 fully saturated rings. The summed E-state index contributed by atoms with van der Waals surface area (Å²) in [5.74, 6) is 0.777. The molecule has 0 bridgehead atoms. The minimum Gasteiger partial charge on any atom is -0.484 e. The van der Waals surface area contributed by atoms with Gasteiger partial charge in [-0.2, -0.15) is 5.10 Å². The van der Waals surface area contributed by atoms with Crippen molar-refractivity contribution < 1.29 is 19.1 Å². The number of amides is 2. The zero-order chi connectivity index (χ0) is 23.0. The van der Waals surface area contributed by atoms with Crippen molar-refractivity contribution in [1.82, 2.24) is 15.5 Å². The van der Waals surface area contributed by atoms with E-state index in [0.717, 1.165) is 18.5 Å². The second-order valence-corrected chi connectivity index (χ2v) is 8.48. The summed E-state index contributed by atoms with van der Waals surface area (Å²) in [6, 6.07) is 1.80. The highest BCUT2D eigenvalue weighted by Crippen LogP contribution is 2.35. The molecule has 10 nitrogen and oxygen atoms in total. The first-order chi connectivity index (χ1) is 14.6. The van der Waals surface area contributed by atoms with Crippen molar-refractivity contribution in [3.05, 3.63) is 23.7 Å². The SMILES string of the molecule is C=N/C(=C\N=C(C)OC)CC(=O)Nc1cc([C@H]2CC[C@@H](OC(=O)NC(C)(C)C)C2)[nH]n1. The Hall–Kier alpha value is -3.17. The van der Waals surface area contributed by atoms with Crippen molar-refractivity contribution in [1.29, 1.82) is 0 Å². The van der Waals surface area contributed by atoms with Crippen LogP contribution in [0, 0.1) is 0 Å². The Labute approximate surface area is 182 Å². The third-order valence-electron chi connectivity index (χ3n) is 4.68. The Bertz CT molecular complexity index is 852. The molecular weight excluding hydrogens is 400 g/mol. The smallest absolute Gasteiger partial charge is 0.407 e. The van der Waals surface area contributed by atoms with E-state index in [-0.39, 0.29) is 29.9 Å². The van der Waals surface area contributed by atoms with Gasteiger partial charge in [-0.1, -0.05) is 0 Å². The van der Waals surface area contributed by atoms with Crippen LogP contribution < -0.4 is 10.6 Å². The molecule has 1 aromatic rings. The molecule has 0 saturated heterocycles. The van der Waals surface area contributed by atoms with Crippen molar-refractivity contribution in [2.45, 2.75) is 70.9 Å². The minimum atomic E-state index is -0.402. The summed E-state index contributed by atoms with van der Waals surface area (Å²) in [5.41, 5.74) is 0.973. The van der Waals surface area contributed by atoms with Crippen LogP contribution in [0.5, 0.6) is 0 Å². The number of hydrogen-bond donors (Lipinski definition) is 3. The quantitative estimate of drug-likeness (QED) is 0.448. The number of methoxy groups -OCH3 is 1. The van der Waals surface area contributed by atoms with Gasteiger partial charge >= 0.3 is 6.09 Å². The van der Waals surface area contributed by atoms with E-state index in [2.05, 4.69) is 37.5 Å². The Kier molecular flexibility index (Phi) is 8.35. The number of aromatic nitrogens is 2. The number of ether oxygens (including phenoxy) is 2. The van der Waals surface area contributed by atoms with Gasteiger partial charge in [0.25, 0.3) is 0 Å². The molecule has 0 radical (unpaired) electrons. The van der Waals surface area contributed by atoms with Crippen LogP contribution in [0.15, 0.2) is 27.9 Å². The number of aliphatic imine (C=N–C) groups is 2. The Balaban J connectivity index is 1.87. The van der Waals surface area contributed by atoms with Crippen LogP contribution in [0.2, 0.25) is 0 Å². The predicted molar refractivity (Wildman–Crippen MR) is 119 cm³/mol. The number of nitrogens with one attached hydrogen (secondary N) is 3. The molecule has 170 valence electrons. The van der Waals surface area contributed by atoms with Crippen LogP contribution in [0.3, 0.4) is 0 Å². The van der Waals surface area contributed by atoms with Gasteiger partial charge < -0.3 is 20.1 Å². The highest BCUT2D eigenvalue weighted by molar-refractivity contribution is 5.91. The Morgan fingerprint density at radius 3 is 2.77 bits per heavy atom. The van der Waals surface area contributed by atoms with Crippen molar-refractivity contribution in [3.8, 4) is 0 Å². The van der Waals surface area contributed by atoms with Gasteiger partial charge in [-0.25, -0.2) is 9.79 Å². The summed E-state index contributed by atoms with van der Waals surface area (Å²) in [6.45, 7) is 10.9. The fourth-order valence-electron chi connectivity index (χ4n) is 3.14. The maximum atomic E-state index is 12.3. The number of aromatic amines is 1. The molecule has 0 aromatic carbocycles. The monoisotopic (exact) mass is 432 g/mol. The Morgan fingerprint density at radius 1 is 1.39 bits per heavy atom. The number of hydrogen-bond acceptors (Lipinski definition) is 7. The lowest BCUT2D eigenvalue weighted by atomic mass is 10.0. The van der Waals surface area contributed by atoms with Crippen LogP contribution >= 0.6 is 0 Å². The van der Waals surface area contributed by atoms with Gasteiger partial charge in [0.15, 0.2) is 11.7 Å². The van der Waals surface area contributed by atoms with Gasteiger partial charge in [0.1, 0.15) is 6.10 Å². The lowest BCUT2D eigenvalue weighted by molar-refractivity contribution is -0.115. The fraction of sp³-hybridized carbons (Fsp3) is 0.571. The van der Waals surface area contributed by atoms with Crippen LogP contribution in [-0.4, -0.2) is 53.6 Å². The molecule has 1 heterocycles. The van der Waals surface area contributed by atoms with E-state index in [1.165, 1.54) is 13.3 Å². The van der Waals surface area contributed by atoms with Crippen molar-refractivity contribution >= 4 is 30.4 Å². The fourth-order valence-corrected chi connectivity index (χ4v) is 3.14. The van der Waals surface area contributed by atoms with Crippen LogP contribution in [-0.2, 0) is 14.3 Å². The second-order valence-electron chi connectivity index (χ2n) is 8.48. The molecule has 0 spiro atoms. The van der Waals surface area contributed by atoms with Crippen molar-refractivity contribution in [2.24, 2.45) is 9.98 Å². The number of carbonyl (C=O) groups is 2. The average Bonchev–Trinajstić information content (AvgIpc) is 3.32. The van der Waals surface area contributed by atoms with Crippen LogP contribution in [0.1, 0.15) is 65.0 Å². The molecule has 2 atom stereocenters. The number of alkyl carbamates (subject to hydrolysis) is 1. The van der Waals surface area contributed by atoms with E-state index in [0.29, 0.717) is 23.8 Å². The number of rotatable bonds is 7. The predicted octanol–water partition coefficient (Wildman–Crippen LogP) is 3.51. The van der Waals surface area contributed by atoms with Gasteiger partial charge in [-0.15, -0.1) is 0 Å². The summed E-state index contributed by atoms with van der Waals surface area (Å²) < 4.78 is 10.5. The second kappa shape index (κ2) is 10.7. The third-order valence-corrected chi connectivity index (χ3v) is 4.68. The van der Waals surface area contributed by atoms with Crippen molar-refractivity contribution in [2.75, 3.05) is 12.4 Å². The standard InChI is InChI=1S/C21H32N6O4/c1-13(30-6)23-12-15(22-5)10-19(28)24-18-11-17(26-27-18)14-7-8-16(9-14)31-20(29)25-21(2,3)4/h11-12,14,16H,5,7-10H2,1-4,6H3,(H,25,29)(H2,24,26,27,28)/b15-12-,23-13?/t14-,16+/m0/s1. The first kappa shape index (κ1) is 24.1. The van der Waals surface area contributed by atoms with E-state index in [4.69, 9.17) is 9.47 Å². The first-order valence-corrected chi connectivity index (χ1v) is 10.2. The molecule has 1 aromatic heterocycles. The summed E-state index contributed by atoms with van der Waals surface area (Å²) in [6.07, 6.45) is 3.26. The van der Waals surface area contributed by atoms with Crippen LogP contribution in [0.4, 0.5) is 10.6 Å². The molecule has 1 saturated carbocycles. The summed E-state index contributed by atoms with van der Waals surface area (Å²) in [5, 5.41) is 12.7. The van der Waals surface area contributed by atoms with E-state index < -0.39 is 6.09 Å². The molecule has 0 aliphatic heterocycles. The number of H-pyrrole nitrogens is 1. The molecular formula is C21H32N6O4. The normalized spacial score (nSPS) is 19.6. The number of carbonyl (C=O) groups excluding carboxylic acids is 2. The maximum Gasteiger partial charge on any atom is 0.407 e. The molecule has 1 aliphatic carbocycles. The van der Waals surface area contributed by atoms with Gasteiger partial charge in [0.2, 0.25) is 5.91 Å². The van der Waals surface area contributed by atoms with E-state index in [1.54, 1.807) is 13.0 Å². The summed E-state index contributed by atoms with van der Waals surface area (Å²) in [7, 11) is 1.51. The maximum absolute atomic E-state index is 12.3. The minimum absolute atomic E-state index is 0.00835. The average molecular weight is 433 g/mol. The van der Waals surface area contributed by atoms with Gasteiger partial charge in [-0.05, 0) is 46.8 Å². The van der Waals surface area contributed by atoms with E-state index >= 15 is 0 Å². The Morgan fingerprint density at radius 2 is 2.13 bits per heavy atom. The van der Waals surface area contributed by atoms with E-state index in [1.807, 2.05) is 20.8 Å². The molecule has 10 heteroatoms. The van der Waals surface area contributed by atoms with Gasteiger partial charge in [0, 0.05) is 30.1 Å². The highest BCUT2D eigenvalue weighted by Gasteiger charge is 2.30. The molecule has 0 unspecified atom stereocenters. The molecule has 3 N–H and O–H groups in total. The van der Waals surface area contributed by atoms with Crippen LogP contribution in [0.25, 0.3) is 0 Å².